The minimum Gasteiger partial charge on any atom is -0.497 e. The first-order valence-electron chi connectivity index (χ1n) is 10.4. The number of methoxy groups -OCH3 is 2. The quantitative estimate of drug-likeness (QED) is 0.638. The highest BCUT2D eigenvalue weighted by atomic mass is 16.5. The van der Waals surface area contributed by atoms with Gasteiger partial charge < -0.3 is 19.2 Å². The minimum absolute atomic E-state index is 0.110. The van der Waals surface area contributed by atoms with Crippen molar-refractivity contribution in [1.29, 1.82) is 0 Å². The summed E-state index contributed by atoms with van der Waals surface area (Å²) in [4.78, 5) is 15.1. The maximum atomic E-state index is 12.6. The molecule has 158 valence electrons. The Kier molecular flexibility index (Phi) is 6.23. The third kappa shape index (κ3) is 4.76. The normalized spacial score (nSPS) is 17.1. The van der Waals surface area contributed by atoms with E-state index in [1.165, 1.54) is 0 Å². The standard InChI is InChI=1S/C24H28N2O4/c1-28-20-11-19(12-21(13-20)29-2)24(27)25-14-17-6-5-9-26(15-17)16-22-10-18-7-3-4-8-23(18)30-22/h3-4,7-8,10-13,17H,5-6,9,14-16H2,1-2H3,(H,25,27). The number of furan rings is 1. The molecule has 1 saturated heterocycles. The van der Waals surface area contributed by atoms with Crippen LogP contribution < -0.4 is 14.8 Å². The lowest BCUT2D eigenvalue weighted by atomic mass is 9.97. The number of hydrogen-bond acceptors (Lipinski definition) is 5. The summed E-state index contributed by atoms with van der Waals surface area (Å²) < 4.78 is 16.5. The molecule has 6 heteroatoms. The highest BCUT2D eigenvalue weighted by molar-refractivity contribution is 5.95. The molecule has 1 amide bonds. The van der Waals surface area contributed by atoms with Crippen molar-refractivity contribution < 1.29 is 18.7 Å². The van der Waals surface area contributed by atoms with Crippen LogP contribution in [-0.4, -0.2) is 44.7 Å². The predicted molar refractivity (Wildman–Crippen MR) is 116 cm³/mol. The fourth-order valence-electron chi connectivity index (χ4n) is 4.07. The van der Waals surface area contributed by atoms with Gasteiger partial charge in [0.05, 0.1) is 20.8 Å². The molecule has 30 heavy (non-hydrogen) atoms. The van der Waals surface area contributed by atoms with Gasteiger partial charge in [-0.2, -0.15) is 0 Å². The van der Waals surface area contributed by atoms with Crippen LogP contribution in [0.25, 0.3) is 11.0 Å². The highest BCUT2D eigenvalue weighted by Gasteiger charge is 2.22. The molecule has 2 heterocycles. The van der Waals surface area contributed by atoms with Gasteiger partial charge in [-0.1, -0.05) is 18.2 Å². The van der Waals surface area contributed by atoms with Crippen molar-refractivity contribution in [3.05, 3.63) is 59.9 Å². The first-order chi connectivity index (χ1) is 14.6. The second-order valence-corrected chi connectivity index (χ2v) is 7.81. The molecule has 1 N–H and O–H groups in total. The Morgan fingerprint density at radius 1 is 1.13 bits per heavy atom. The number of likely N-dealkylation sites (tertiary alicyclic amines) is 1. The van der Waals surface area contributed by atoms with Gasteiger partial charge in [0.15, 0.2) is 0 Å². The van der Waals surface area contributed by atoms with Crippen molar-refractivity contribution in [2.24, 2.45) is 5.92 Å². The number of para-hydroxylation sites is 1. The third-order valence-electron chi connectivity index (χ3n) is 5.62. The molecular weight excluding hydrogens is 380 g/mol. The Morgan fingerprint density at radius 2 is 1.90 bits per heavy atom. The van der Waals surface area contributed by atoms with Crippen LogP contribution in [-0.2, 0) is 6.54 Å². The molecule has 0 aliphatic carbocycles. The van der Waals surface area contributed by atoms with E-state index in [4.69, 9.17) is 13.9 Å². The van der Waals surface area contributed by atoms with E-state index >= 15 is 0 Å². The van der Waals surface area contributed by atoms with Crippen LogP contribution in [0.15, 0.2) is 52.9 Å². The first-order valence-corrected chi connectivity index (χ1v) is 10.4. The van der Waals surface area contributed by atoms with E-state index in [0.717, 1.165) is 49.2 Å². The average molecular weight is 408 g/mol. The van der Waals surface area contributed by atoms with Gasteiger partial charge in [0, 0.05) is 30.1 Å². The van der Waals surface area contributed by atoms with Gasteiger partial charge in [-0.05, 0) is 49.6 Å². The van der Waals surface area contributed by atoms with Crippen molar-refractivity contribution >= 4 is 16.9 Å². The molecule has 0 spiro atoms. The number of hydrogen-bond donors (Lipinski definition) is 1. The lowest BCUT2D eigenvalue weighted by molar-refractivity contribution is 0.0927. The summed E-state index contributed by atoms with van der Waals surface area (Å²) in [7, 11) is 3.16. The van der Waals surface area contributed by atoms with Gasteiger partial charge in [-0.3, -0.25) is 9.69 Å². The summed E-state index contributed by atoms with van der Waals surface area (Å²) in [5.74, 6) is 2.51. The summed E-state index contributed by atoms with van der Waals surface area (Å²) in [6.07, 6.45) is 2.23. The number of nitrogens with one attached hydrogen (secondary N) is 1. The molecule has 1 aromatic heterocycles. The van der Waals surface area contributed by atoms with Crippen LogP contribution in [0.3, 0.4) is 0 Å². The molecule has 0 saturated carbocycles. The van der Waals surface area contributed by atoms with E-state index in [0.29, 0.717) is 29.5 Å². The maximum absolute atomic E-state index is 12.6. The van der Waals surface area contributed by atoms with Crippen LogP contribution in [0, 0.1) is 5.92 Å². The van der Waals surface area contributed by atoms with Gasteiger partial charge in [0.1, 0.15) is 22.8 Å². The number of rotatable bonds is 7. The number of fused-ring (bicyclic) bond motifs is 1. The molecule has 1 unspecified atom stereocenters. The van der Waals surface area contributed by atoms with E-state index in [-0.39, 0.29) is 5.91 Å². The topological polar surface area (TPSA) is 63.9 Å². The lowest BCUT2D eigenvalue weighted by Gasteiger charge is -2.32. The second-order valence-electron chi connectivity index (χ2n) is 7.81. The smallest absolute Gasteiger partial charge is 0.251 e. The fraction of sp³-hybridized carbons (Fsp3) is 0.375. The number of nitrogens with zero attached hydrogens (tertiary/aromatic N) is 1. The van der Waals surface area contributed by atoms with Crippen LogP contribution in [0.4, 0.5) is 0 Å². The summed E-state index contributed by atoms with van der Waals surface area (Å²) >= 11 is 0. The van der Waals surface area contributed by atoms with Crippen LogP contribution in [0.1, 0.15) is 29.0 Å². The largest absolute Gasteiger partial charge is 0.497 e. The SMILES string of the molecule is COc1cc(OC)cc(C(=O)NCC2CCCN(Cc3cc4ccccc4o3)C2)c1. The number of amides is 1. The number of benzene rings is 2. The van der Waals surface area contributed by atoms with Crippen molar-refractivity contribution in [3.63, 3.8) is 0 Å². The molecule has 1 atom stereocenters. The van der Waals surface area contributed by atoms with Crippen LogP contribution in [0.2, 0.25) is 0 Å². The second kappa shape index (κ2) is 9.22. The van der Waals surface area contributed by atoms with Gasteiger partial charge in [-0.25, -0.2) is 0 Å². The van der Waals surface area contributed by atoms with E-state index in [2.05, 4.69) is 22.3 Å². The number of carbonyl (C=O) groups is 1. The Balaban J connectivity index is 1.33. The zero-order valence-electron chi connectivity index (χ0n) is 17.5. The highest BCUT2D eigenvalue weighted by Crippen LogP contribution is 2.24. The maximum Gasteiger partial charge on any atom is 0.251 e. The minimum atomic E-state index is -0.110. The lowest BCUT2D eigenvalue weighted by Crippen LogP contribution is -2.40. The zero-order valence-corrected chi connectivity index (χ0v) is 17.5. The van der Waals surface area contributed by atoms with Crippen molar-refractivity contribution in [2.45, 2.75) is 19.4 Å². The summed E-state index contributed by atoms with van der Waals surface area (Å²) in [5.41, 5.74) is 1.48. The first kappa shape index (κ1) is 20.3. The van der Waals surface area contributed by atoms with Crippen molar-refractivity contribution in [2.75, 3.05) is 33.9 Å². The van der Waals surface area contributed by atoms with Crippen LogP contribution >= 0.6 is 0 Å². The predicted octanol–water partition coefficient (Wildman–Crippen LogP) is 4.09. The third-order valence-corrected chi connectivity index (χ3v) is 5.62. The van der Waals surface area contributed by atoms with E-state index in [1.54, 1.807) is 32.4 Å². The molecule has 3 aromatic rings. The molecule has 0 bridgehead atoms. The molecule has 1 aliphatic rings. The van der Waals surface area contributed by atoms with Gasteiger partial charge in [-0.15, -0.1) is 0 Å². The summed E-state index contributed by atoms with van der Waals surface area (Å²) in [6, 6.07) is 15.4. The van der Waals surface area contributed by atoms with Crippen molar-refractivity contribution in [3.8, 4) is 11.5 Å². The number of carbonyl (C=O) groups excluding carboxylic acids is 1. The van der Waals surface area contributed by atoms with Gasteiger partial charge in [0.25, 0.3) is 5.91 Å². The number of piperidine rings is 1. The zero-order chi connectivity index (χ0) is 20.9. The van der Waals surface area contributed by atoms with Crippen molar-refractivity contribution in [1.82, 2.24) is 10.2 Å². The Hall–Kier alpha value is -2.99. The Morgan fingerprint density at radius 3 is 2.63 bits per heavy atom. The van der Waals surface area contributed by atoms with Gasteiger partial charge in [0.2, 0.25) is 0 Å². The van der Waals surface area contributed by atoms with Gasteiger partial charge >= 0.3 is 0 Å². The number of ether oxygens (including phenoxy) is 2. The monoisotopic (exact) mass is 408 g/mol. The fourth-order valence-corrected chi connectivity index (χ4v) is 4.07. The molecule has 4 rings (SSSR count). The molecule has 0 radical (unpaired) electrons. The van der Waals surface area contributed by atoms with Crippen LogP contribution in [0.5, 0.6) is 11.5 Å². The summed E-state index contributed by atoms with van der Waals surface area (Å²) in [5, 5.41) is 4.22. The Bertz CT molecular complexity index is 958. The average Bonchev–Trinajstić information content (AvgIpc) is 3.19. The molecular formula is C24H28N2O4. The van der Waals surface area contributed by atoms with E-state index in [1.807, 2.05) is 18.2 Å². The summed E-state index contributed by atoms with van der Waals surface area (Å²) in [6.45, 7) is 3.44. The molecule has 1 fully saturated rings. The molecule has 6 nitrogen and oxygen atoms in total. The Labute approximate surface area is 176 Å². The van der Waals surface area contributed by atoms with E-state index in [9.17, 15) is 4.79 Å². The van der Waals surface area contributed by atoms with E-state index < -0.39 is 0 Å². The molecule has 2 aromatic carbocycles. The molecule has 1 aliphatic heterocycles.